The highest BCUT2D eigenvalue weighted by Crippen LogP contribution is 2.35. The number of hydrogen-bond acceptors (Lipinski definition) is 4. The molecule has 2 N–H and O–H groups in total. The molecule has 8 rings (SSSR count). The minimum Gasteiger partial charge on any atom is -0.507 e. The number of ketones is 2. The molecule has 34 heavy (non-hydrogen) atoms. The molecule has 0 radical (unpaired) electrons. The van der Waals surface area contributed by atoms with Crippen molar-refractivity contribution in [2.75, 3.05) is 0 Å². The first-order chi connectivity index (χ1) is 16.5. The molecular weight excluding hydrogens is 424 g/mol. The van der Waals surface area contributed by atoms with Gasteiger partial charge in [-0.25, -0.2) is 0 Å². The summed E-state index contributed by atoms with van der Waals surface area (Å²) in [5.74, 6) is -0.434. The second-order valence-corrected chi connectivity index (χ2v) is 8.61. The van der Waals surface area contributed by atoms with Crippen LogP contribution in [-0.2, 0) is 25.7 Å². The molecule has 0 heterocycles. The topological polar surface area (TPSA) is 74.6 Å². The van der Waals surface area contributed by atoms with Crippen molar-refractivity contribution < 1.29 is 19.8 Å². The summed E-state index contributed by atoms with van der Waals surface area (Å²) in [6.07, 6.45) is 1.73. The van der Waals surface area contributed by atoms with Gasteiger partial charge < -0.3 is 10.2 Å². The minimum atomic E-state index is -0.218. The highest BCUT2D eigenvalue weighted by molar-refractivity contribution is 6.12. The van der Waals surface area contributed by atoms with Crippen LogP contribution >= 0.6 is 0 Å². The van der Waals surface area contributed by atoms with Crippen LogP contribution < -0.4 is 0 Å². The maximum Gasteiger partial charge on any atom is 0.197 e. The molecule has 4 nitrogen and oxygen atoms in total. The first kappa shape index (κ1) is 21.7. The van der Waals surface area contributed by atoms with Gasteiger partial charge in [0, 0.05) is 11.1 Å². The summed E-state index contributed by atoms with van der Waals surface area (Å²) < 4.78 is 0. The highest BCUT2D eigenvalue weighted by Gasteiger charge is 2.25. The molecule has 4 bridgehead atoms. The molecule has 0 atom stereocenters. The van der Waals surface area contributed by atoms with E-state index in [9.17, 15) is 19.8 Å². The maximum absolute atomic E-state index is 13.4. The van der Waals surface area contributed by atoms with Gasteiger partial charge >= 0.3 is 0 Å². The zero-order valence-corrected chi connectivity index (χ0v) is 18.6. The Bertz CT molecular complexity index is 1280. The second kappa shape index (κ2) is 8.99. The summed E-state index contributed by atoms with van der Waals surface area (Å²) in [7, 11) is 0. The minimum absolute atomic E-state index is 0.00133. The van der Waals surface area contributed by atoms with Crippen LogP contribution in [0.25, 0.3) is 0 Å². The second-order valence-electron chi connectivity index (χ2n) is 8.61. The lowest BCUT2D eigenvalue weighted by Crippen LogP contribution is -2.12. The van der Waals surface area contributed by atoms with Crippen LogP contribution in [0, 0.1) is 0 Å². The molecule has 4 aromatic rings. The predicted octanol–water partition coefficient (Wildman–Crippen LogP) is 5.44. The first-order valence-corrected chi connectivity index (χ1v) is 11.4. The van der Waals surface area contributed by atoms with Gasteiger partial charge in [0.2, 0.25) is 0 Å². The van der Waals surface area contributed by atoms with Crippen LogP contribution in [-0.4, -0.2) is 21.8 Å². The third-order valence-corrected chi connectivity index (χ3v) is 6.55. The summed E-state index contributed by atoms with van der Waals surface area (Å²) in [4.78, 5) is 26.7. The van der Waals surface area contributed by atoms with E-state index in [4.69, 9.17) is 0 Å². The average molecular weight is 449 g/mol. The van der Waals surface area contributed by atoms with E-state index in [1.54, 1.807) is 48.5 Å². The zero-order chi connectivity index (χ0) is 23.7. The molecular formula is C30H24O4. The molecule has 0 saturated heterocycles. The quantitative estimate of drug-likeness (QED) is 0.408. The lowest BCUT2D eigenvalue weighted by atomic mass is 9.86. The number of phenolic OH excluding ortho intramolecular Hbond substituents is 2. The molecule has 0 spiro atoms. The third kappa shape index (κ3) is 3.88. The van der Waals surface area contributed by atoms with Gasteiger partial charge in [-0.05, 0) is 47.9 Å². The smallest absolute Gasteiger partial charge is 0.197 e. The first-order valence-electron chi connectivity index (χ1n) is 11.4. The van der Waals surface area contributed by atoms with E-state index >= 15 is 0 Å². The third-order valence-electron chi connectivity index (χ3n) is 6.55. The van der Waals surface area contributed by atoms with E-state index in [2.05, 4.69) is 0 Å². The van der Waals surface area contributed by atoms with Crippen molar-refractivity contribution >= 4 is 11.6 Å². The molecule has 0 aromatic heterocycles. The Balaban J connectivity index is 1.61. The Morgan fingerprint density at radius 3 is 1.18 bits per heavy atom. The van der Waals surface area contributed by atoms with Gasteiger partial charge in [-0.2, -0.15) is 0 Å². The average Bonchev–Trinajstić information content (AvgIpc) is 2.87. The van der Waals surface area contributed by atoms with E-state index in [1.807, 2.05) is 36.4 Å². The van der Waals surface area contributed by atoms with E-state index in [0.29, 0.717) is 59.1 Å². The molecule has 4 aliphatic rings. The zero-order valence-electron chi connectivity index (χ0n) is 18.6. The number of benzene rings is 4. The van der Waals surface area contributed by atoms with Crippen molar-refractivity contribution in [1.82, 2.24) is 0 Å². The van der Waals surface area contributed by atoms with E-state index in [0.717, 1.165) is 11.1 Å². The van der Waals surface area contributed by atoms with Gasteiger partial charge in [-0.1, -0.05) is 84.9 Å². The van der Waals surface area contributed by atoms with Crippen LogP contribution in [0.4, 0.5) is 0 Å². The predicted molar refractivity (Wildman–Crippen MR) is 131 cm³/mol. The number of carbonyl (C=O) groups is 2. The van der Waals surface area contributed by atoms with Crippen molar-refractivity contribution in [1.29, 1.82) is 0 Å². The van der Waals surface area contributed by atoms with Crippen molar-refractivity contribution in [3.63, 3.8) is 0 Å². The number of phenols is 2. The number of rotatable bonds is 4. The summed E-state index contributed by atoms with van der Waals surface area (Å²) in [6.45, 7) is 0. The van der Waals surface area contributed by atoms with E-state index in [-0.39, 0.29) is 23.1 Å². The summed E-state index contributed by atoms with van der Waals surface area (Å²) in [5, 5.41) is 22.2. The Hall–Kier alpha value is -4.18. The summed E-state index contributed by atoms with van der Waals surface area (Å²) in [5.41, 5.74) is 4.40. The van der Waals surface area contributed by atoms with Gasteiger partial charge in [-0.15, -0.1) is 0 Å². The normalized spacial score (nSPS) is 12.7. The molecule has 0 unspecified atom stereocenters. The fourth-order valence-corrected chi connectivity index (χ4v) is 4.69. The lowest BCUT2D eigenvalue weighted by Gasteiger charge is -2.19. The summed E-state index contributed by atoms with van der Waals surface area (Å²) >= 11 is 0. The van der Waals surface area contributed by atoms with Crippen LogP contribution in [0.15, 0.2) is 84.9 Å². The molecule has 0 amide bonds. The highest BCUT2D eigenvalue weighted by atomic mass is 16.3. The van der Waals surface area contributed by atoms with Crippen molar-refractivity contribution in [2.24, 2.45) is 0 Å². The largest absolute Gasteiger partial charge is 0.507 e. The Labute approximate surface area is 198 Å². The lowest BCUT2D eigenvalue weighted by molar-refractivity contribution is 0.102. The fourth-order valence-electron chi connectivity index (χ4n) is 4.69. The molecule has 4 heteroatoms. The van der Waals surface area contributed by atoms with Gasteiger partial charge in [0.05, 0.1) is 11.1 Å². The Morgan fingerprint density at radius 2 is 0.794 bits per heavy atom. The number of aromatic hydroxyl groups is 2. The standard InChI is InChI=1S/C30H24O4/c31-27(21-7-3-1-4-8-21)25-19-11-12-20-14-16-24(18-17-23(15-13-19)29(25)33)30(34)26(20)28(32)22-9-5-2-6-10-22/h1-10,13-16,33-34H,11-12,17-18H2. The molecule has 0 fully saturated rings. The Morgan fingerprint density at radius 1 is 0.471 bits per heavy atom. The van der Waals surface area contributed by atoms with Crippen molar-refractivity contribution in [2.45, 2.75) is 25.7 Å². The van der Waals surface area contributed by atoms with Crippen LogP contribution in [0.5, 0.6) is 11.5 Å². The van der Waals surface area contributed by atoms with Crippen molar-refractivity contribution in [3.05, 3.63) is 129 Å². The van der Waals surface area contributed by atoms with Gasteiger partial charge in [0.1, 0.15) is 11.5 Å². The van der Waals surface area contributed by atoms with Gasteiger partial charge in [0.15, 0.2) is 11.6 Å². The van der Waals surface area contributed by atoms with E-state index < -0.39 is 0 Å². The van der Waals surface area contributed by atoms with Crippen molar-refractivity contribution in [3.8, 4) is 11.5 Å². The molecule has 0 saturated carbocycles. The maximum atomic E-state index is 13.4. The van der Waals surface area contributed by atoms with Gasteiger partial charge in [-0.3, -0.25) is 9.59 Å². The SMILES string of the molecule is O=C(c1ccccc1)c1c2ccc(c1O)CCc1ccc(c(C(=O)c3ccccc3)c1O)CC2. The number of aryl methyl sites for hydroxylation is 4. The number of carbonyl (C=O) groups excluding carboxylic acids is 2. The van der Waals surface area contributed by atoms with Crippen LogP contribution in [0.3, 0.4) is 0 Å². The van der Waals surface area contributed by atoms with Gasteiger partial charge in [0.25, 0.3) is 0 Å². The molecule has 4 aliphatic carbocycles. The Kier molecular flexibility index (Phi) is 5.72. The fraction of sp³-hybridized carbons (Fsp3) is 0.133. The van der Waals surface area contributed by atoms with Crippen LogP contribution in [0.1, 0.15) is 54.1 Å². The molecule has 168 valence electrons. The number of hydrogen-bond donors (Lipinski definition) is 2. The monoisotopic (exact) mass is 448 g/mol. The molecule has 0 aliphatic heterocycles. The molecule has 4 aromatic carbocycles. The van der Waals surface area contributed by atoms with Crippen LogP contribution in [0.2, 0.25) is 0 Å². The van der Waals surface area contributed by atoms with E-state index in [1.165, 1.54) is 0 Å². The summed E-state index contributed by atoms with van der Waals surface area (Å²) in [6, 6.07) is 25.4.